The number of urea groups is 1. The molecule has 3 heterocycles. The zero-order valence-corrected chi connectivity index (χ0v) is 19.1. The molecule has 2 atom stereocenters. The van der Waals surface area contributed by atoms with Crippen molar-refractivity contribution in [3.8, 4) is 0 Å². The third kappa shape index (κ3) is 3.78. The predicted molar refractivity (Wildman–Crippen MR) is 116 cm³/mol. The van der Waals surface area contributed by atoms with E-state index in [-0.39, 0.29) is 17.6 Å². The number of nitrogens with zero attached hydrogens (tertiary/aromatic N) is 3. The van der Waals surface area contributed by atoms with Gasteiger partial charge in [0, 0.05) is 17.3 Å². The number of pyridine rings is 1. The zero-order chi connectivity index (χ0) is 22.0. The number of aliphatic hydroxyl groups is 1. The number of carbonyl (C=O) groups excluding carboxylic acids is 1. The van der Waals surface area contributed by atoms with E-state index in [0.29, 0.717) is 16.5 Å². The molecular weight excluding hydrogens is 438 g/mol. The number of rotatable bonds is 3. The summed E-state index contributed by atoms with van der Waals surface area (Å²) in [4.78, 5) is 22.4. The molecule has 1 saturated carbocycles. The highest BCUT2D eigenvalue weighted by Crippen LogP contribution is 2.44. The Kier molecular flexibility index (Phi) is 4.94. The summed E-state index contributed by atoms with van der Waals surface area (Å²) in [5.74, 6) is 0.453. The first-order valence-corrected chi connectivity index (χ1v) is 12.7. The molecule has 2 aromatic rings. The number of aryl methyl sites for hydroxylation is 1. The van der Waals surface area contributed by atoms with E-state index >= 15 is 0 Å². The van der Waals surface area contributed by atoms with E-state index < -0.39 is 21.5 Å². The number of thiazole rings is 1. The molecule has 2 aliphatic carbocycles. The van der Waals surface area contributed by atoms with Crippen LogP contribution in [0, 0.1) is 6.92 Å². The van der Waals surface area contributed by atoms with Crippen LogP contribution in [-0.2, 0) is 39.7 Å². The Morgan fingerprint density at radius 3 is 2.84 bits per heavy atom. The van der Waals surface area contributed by atoms with Crippen molar-refractivity contribution in [1.29, 1.82) is 0 Å². The third-order valence-corrected chi connectivity index (χ3v) is 9.10. The first kappa shape index (κ1) is 21.0. The van der Waals surface area contributed by atoms with Crippen LogP contribution >= 0.6 is 11.3 Å². The zero-order valence-electron chi connectivity index (χ0n) is 17.4. The Labute approximate surface area is 184 Å². The molecule has 166 valence electrons. The van der Waals surface area contributed by atoms with Gasteiger partial charge >= 0.3 is 6.03 Å². The van der Waals surface area contributed by atoms with Crippen LogP contribution in [0.25, 0.3) is 0 Å². The molecular formula is C20H25N5O4S2. The maximum absolute atomic E-state index is 13.1. The quantitative estimate of drug-likeness (QED) is 0.639. The van der Waals surface area contributed by atoms with Gasteiger partial charge in [-0.05, 0) is 57.1 Å². The number of ether oxygens (including phenoxy) is 1. The average Bonchev–Trinajstić information content (AvgIpc) is 3.22. The lowest BCUT2D eigenvalue weighted by Crippen LogP contribution is -2.31. The lowest BCUT2D eigenvalue weighted by atomic mass is 10.0. The molecule has 1 fully saturated rings. The Hall–Kier alpha value is -1.92. The van der Waals surface area contributed by atoms with E-state index in [1.54, 1.807) is 6.92 Å². The van der Waals surface area contributed by atoms with Gasteiger partial charge in [0.05, 0.1) is 29.5 Å². The standard InChI is InChI=1S/C20H25N5O4S2/c1-10-15(11-6-7-11)22-13-5-3-4-12(13)16(10)24-18(26)25-31(21,28)19-23-14-8-29-9-20(2,27)17(14)30-19/h11,27H,3-9H2,1-2H3,(H3,21,22,24,25,26,28). The van der Waals surface area contributed by atoms with E-state index in [1.165, 1.54) is 0 Å². The molecule has 31 heavy (non-hydrogen) atoms. The summed E-state index contributed by atoms with van der Waals surface area (Å²) in [6, 6.07) is -0.770. The van der Waals surface area contributed by atoms with Crippen LogP contribution in [0.4, 0.5) is 10.5 Å². The fourth-order valence-corrected chi connectivity index (χ4v) is 6.59. The van der Waals surface area contributed by atoms with Crippen molar-refractivity contribution in [3.05, 3.63) is 33.1 Å². The van der Waals surface area contributed by atoms with Gasteiger partial charge in [0.1, 0.15) is 5.60 Å². The minimum Gasteiger partial charge on any atom is -0.382 e. The third-order valence-electron chi connectivity index (χ3n) is 5.96. The Morgan fingerprint density at radius 2 is 2.13 bits per heavy atom. The van der Waals surface area contributed by atoms with Gasteiger partial charge in [0.2, 0.25) is 4.34 Å². The molecule has 0 radical (unpaired) electrons. The Morgan fingerprint density at radius 1 is 1.35 bits per heavy atom. The molecule has 2 unspecified atom stereocenters. The molecule has 9 nitrogen and oxygen atoms in total. The van der Waals surface area contributed by atoms with Gasteiger partial charge in [-0.25, -0.2) is 19.1 Å². The highest BCUT2D eigenvalue weighted by Gasteiger charge is 2.36. The molecule has 0 bridgehead atoms. The number of nitrogens with two attached hydrogens (primary N) is 1. The van der Waals surface area contributed by atoms with Crippen LogP contribution in [0.3, 0.4) is 0 Å². The SMILES string of the molecule is Cc1c(C2CC2)nc2c(c1NC(=O)N=S(N)(=O)c1nc3c(s1)C(C)(O)COC3)CCC2. The normalized spacial score (nSPS) is 24.3. The highest BCUT2D eigenvalue weighted by atomic mass is 32.2. The van der Waals surface area contributed by atoms with Gasteiger partial charge in [0.15, 0.2) is 9.92 Å². The van der Waals surface area contributed by atoms with Crippen molar-refractivity contribution in [2.45, 2.75) is 68.4 Å². The summed E-state index contributed by atoms with van der Waals surface area (Å²) in [7, 11) is -3.58. The monoisotopic (exact) mass is 463 g/mol. The van der Waals surface area contributed by atoms with Crippen molar-refractivity contribution >= 4 is 33.0 Å². The second kappa shape index (κ2) is 7.31. The molecule has 3 aliphatic rings. The number of hydrogen-bond acceptors (Lipinski definition) is 7. The van der Waals surface area contributed by atoms with Crippen molar-refractivity contribution in [2.75, 3.05) is 11.9 Å². The second-order valence-electron chi connectivity index (χ2n) is 8.66. The van der Waals surface area contributed by atoms with Crippen molar-refractivity contribution in [1.82, 2.24) is 9.97 Å². The van der Waals surface area contributed by atoms with E-state index in [0.717, 1.165) is 71.6 Å². The summed E-state index contributed by atoms with van der Waals surface area (Å²) >= 11 is 1.01. The Balaban J connectivity index is 1.47. The second-order valence-corrected chi connectivity index (χ2v) is 11.6. The highest BCUT2D eigenvalue weighted by molar-refractivity contribution is 7.93. The number of hydrogen-bond donors (Lipinski definition) is 3. The lowest BCUT2D eigenvalue weighted by Gasteiger charge is -2.26. The van der Waals surface area contributed by atoms with Crippen LogP contribution in [0.2, 0.25) is 0 Å². The van der Waals surface area contributed by atoms with Gasteiger partial charge in [-0.3, -0.25) is 4.98 Å². The number of carbonyl (C=O) groups is 1. The van der Waals surface area contributed by atoms with Crippen LogP contribution in [0.1, 0.15) is 65.2 Å². The first-order chi connectivity index (χ1) is 14.7. The summed E-state index contributed by atoms with van der Waals surface area (Å²) in [5, 5.41) is 19.3. The average molecular weight is 464 g/mol. The van der Waals surface area contributed by atoms with Gasteiger partial charge in [-0.2, -0.15) is 0 Å². The van der Waals surface area contributed by atoms with E-state index in [9.17, 15) is 14.1 Å². The molecule has 2 aromatic heterocycles. The molecule has 11 heteroatoms. The van der Waals surface area contributed by atoms with Gasteiger partial charge < -0.3 is 15.2 Å². The molecule has 2 amide bonds. The summed E-state index contributed by atoms with van der Waals surface area (Å²) in [6.45, 7) is 3.86. The van der Waals surface area contributed by atoms with E-state index in [4.69, 9.17) is 14.9 Å². The smallest absolute Gasteiger partial charge is 0.354 e. The van der Waals surface area contributed by atoms with Gasteiger partial charge in [-0.1, -0.05) is 0 Å². The fourth-order valence-electron chi connectivity index (χ4n) is 4.31. The van der Waals surface area contributed by atoms with Crippen molar-refractivity contribution in [3.63, 3.8) is 0 Å². The van der Waals surface area contributed by atoms with Crippen molar-refractivity contribution < 1.29 is 18.8 Å². The summed E-state index contributed by atoms with van der Waals surface area (Å²) in [5.41, 5.74) is 4.02. The molecule has 1 aliphatic heterocycles. The predicted octanol–water partition coefficient (Wildman–Crippen LogP) is 2.88. The number of amides is 2. The lowest BCUT2D eigenvalue weighted by molar-refractivity contribution is -0.0586. The largest absolute Gasteiger partial charge is 0.382 e. The molecule has 4 N–H and O–H groups in total. The summed E-state index contributed by atoms with van der Waals surface area (Å²) < 4.78 is 22.2. The number of anilines is 1. The summed E-state index contributed by atoms with van der Waals surface area (Å²) in [6.07, 6.45) is 4.97. The maximum Gasteiger partial charge on any atom is 0.354 e. The van der Waals surface area contributed by atoms with Crippen LogP contribution in [-0.4, -0.2) is 31.9 Å². The molecule has 5 rings (SSSR count). The number of nitrogens with one attached hydrogen (secondary N) is 1. The van der Waals surface area contributed by atoms with Crippen molar-refractivity contribution in [2.24, 2.45) is 9.50 Å². The van der Waals surface area contributed by atoms with Gasteiger partial charge in [0.25, 0.3) is 0 Å². The molecule has 0 spiro atoms. The minimum absolute atomic E-state index is 0.00812. The minimum atomic E-state index is -3.58. The topological polar surface area (TPSA) is 140 Å². The first-order valence-electron chi connectivity index (χ1n) is 10.3. The number of fused-ring (bicyclic) bond motifs is 2. The van der Waals surface area contributed by atoms with Crippen LogP contribution in [0.15, 0.2) is 8.70 Å². The van der Waals surface area contributed by atoms with Gasteiger partial charge in [-0.15, -0.1) is 15.7 Å². The van der Waals surface area contributed by atoms with E-state index in [1.807, 2.05) is 6.92 Å². The van der Waals surface area contributed by atoms with E-state index in [2.05, 4.69) is 14.7 Å². The van der Waals surface area contributed by atoms with Crippen LogP contribution < -0.4 is 10.5 Å². The molecule has 0 saturated heterocycles. The number of aromatic nitrogens is 2. The van der Waals surface area contributed by atoms with Crippen LogP contribution in [0.5, 0.6) is 0 Å². The fraction of sp³-hybridized carbons (Fsp3) is 0.550. The maximum atomic E-state index is 13.1. The Bertz CT molecular complexity index is 1210. The molecule has 0 aromatic carbocycles.